The third-order valence-corrected chi connectivity index (χ3v) is 4.02. The Morgan fingerprint density at radius 3 is 2.48 bits per heavy atom. The summed E-state index contributed by atoms with van der Waals surface area (Å²) in [6.07, 6.45) is 4.65. The molecule has 0 spiro atoms. The van der Waals surface area contributed by atoms with Crippen LogP contribution in [0, 0.1) is 0 Å². The maximum Gasteiger partial charge on any atom is 0.160 e. The Morgan fingerprint density at radius 1 is 1.14 bits per heavy atom. The van der Waals surface area contributed by atoms with Crippen molar-refractivity contribution >= 4 is 22.5 Å². The van der Waals surface area contributed by atoms with Gasteiger partial charge >= 0.3 is 0 Å². The molecule has 3 nitrogen and oxygen atoms in total. The van der Waals surface area contributed by atoms with Crippen molar-refractivity contribution in [2.45, 2.75) is 33.1 Å². The number of halogens is 1. The molecule has 0 unspecified atom stereocenters. The minimum absolute atomic E-state index is 0.458. The topological polar surface area (TPSA) is 41.6 Å². The van der Waals surface area contributed by atoms with Crippen molar-refractivity contribution in [3.63, 3.8) is 0 Å². The molecule has 2 aromatic heterocycles. The first-order valence-corrected chi connectivity index (χ1v) is 7.59. The highest BCUT2D eigenvalue weighted by atomic mass is 35.5. The van der Waals surface area contributed by atoms with Gasteiger partial charge in [0.1, 0.15) is 0 Å². The van der Waals surface area contributed by atoms with Gasteiger partial charge < -0.3 is 4.98 Å². The van der Waals surface area contributed by atoms with Crippen LogP contribution in [-0.4, -0.2) is 15.0 Å². The predicted octanol–water partition coefficient (Wildman–Crippen LogP) is 4.96. The number of hydrogen-bond donors (Lipinski definition) is 1. The van der Waals surface area contributed by atoms with E-state index >= 15 is 0 Å². The van der Waals surface area contributed by atoms with Gasteiger partial charge in [0.25, 0.3) is 0 Å². The van der Waals surface area contributed by atoms with Gasteiger partial charge in [-0.2, -0.15) is 0 Å². The summed E-state index contributed by atoms with van der Waals surface area (Å²) < 4.78 is 0. The molecule has 4 heteroatoms. The molecule has 21 heavy (non-hydrogen) atoms. The van der Waals surface area contributed by atoms with Gasteiger partial charge in [-0.1, -0.05) is 32.4 Å². The smallest absolute Gasteiger partial charge is 0.160 e. The molecule has 3 rings (SSSR count). The van der Waals surface area contributed by atoms with Crippen molar-refractivity contribution in [2.24, 2.45) is 0 Å². The summed E-state index contributed by atoms with van der Waals surface area (Å²) in [7, 11) is 0. The summed E-state index contributed by atoms with van der Waals surface area (Å²) in [5.41, 5.74) is 4.27. The number of hydrogen-bond acceptors (Lipinski definition) is 2. The lowest BCUT2D eigenvalue weighted by atomic mass is 10.1. The normalized spacial score (nSPS) is 11.5. The Labute approximate surface area is 129 Å². The van der Waals surface area contributed by atoms with Crippen molar-refractivity contribution in [3.8, 4) is 11.4 Å². The Bertz CT molecular complexity index is 773. The average Bonchev–Trinajstić information content (AvgIpc) is 2.89. The Kier molecular flexibility index (Phi) is 3.68. The highest BCUT2D eigenvalue weighted by Crippen LogP contribution is 2.31. The van der Waals surface area contributed by atoms with E-state index in [0.29, 0.717) is 16.8 Å². The molecule has 0 bridgehead atoms. The molecule has 3 aromatic rings. The van der Waals surface area contributed by atoms with Crippen molar-refractivity contribution < 1.29 is 0 Å². The third kappa shape index (κ3) is 2.66. The van der Waals surface area contributed by atoms with Gasteiger partial charge in [-0.15, -0.1) is 0 Å². The van der Waals surface area contributed by atoms with Crippen LogP contribution in [0.1, 0.15) is 37.9 Å². The Hall–Kier alpha value is -1.87. The lowest BCUT2D eigenvalue weighted by Crippen LogP contribution is -1.92. The average molecular weight is 300 g/mol. The number of aryl methyl sites for hydroxylation is 1. The zero-order valence-corrected chi connectivity index (χ0v) is 13.2. The summed E-state index contributed by atoms with van der Waals surface area (Å²) in [5, 5.41) is 1.80. The second kappa shape index (κ2) is 5.49. The SMILES string of the molecule is CCc1cnc(-c2cc3[nH]c(C(C)C)cc3cc2Cl)nc1. The molecular weight excluding hydrogens is 282 g/mol. The molecule has 0 saturated heterocycles. The van der Waals surface area contributed by atoms with E-state index in [2.05, 4.69) is 41.8 Å². The quantitative estimate of drug-likeness (QED) is 0.742. The molecule has 0 aliphatic heterocycles. The van der Waals surface area contributed by atoms with Crippen LogP contribution in [-0.2, 0) is 6.42 Å². The van der Waals surface area contributed by atoms with Gasteiger partial charge in [0.05, 0.1) is 5.02 Å². The number of rotatable bonds is 3. The van der Waals surface area contributed by atoms with E-state index in [4.69, 9.17) is 11.6 Å². The molecule has 0 saturated carbocycles. The van der Waals surface area contributed by atoms with E-state index in [-0.39, 0.29) is 0 Å². The first-order chi connectivity index (χ1) is 10.1. The fourth-order valence-electron chi connectivity index (χ4n) is 2.33. The molecule has 0 radical (unpaired) electrons. The van der Waals surface area contributed by atoms with Crippen molar-refractivity contribution in [2.75, 3.05) is 0 Å². The summed E-state index contributed by atoms with van der Waals surface area (Å²) in [6.45, 7) is 6.42. The minimum atomic E-state index is 0.458. The standard InChI is InChI=1S/C17H18ClN3/c1-4-11-8-19-17(20-9-11)13-7-16-12(5-14(13)18)6-15(21-16)10(2)3/h5-10,21H,4H2,1-3H3. The molecule has 0 aliphatic carbocycles. The number of benzene rings is 1. The predicted molar refractivity (Wildman–Crippen MR) is 87.8 cm³/mol. The van der Waals surface area contributed by atoms with E-state index in [0.717, 1.165) is 28.5 Å². The van der Waals surface area contributed by atoms with Crippen LogP contribution >= 0.6 is 11.6 Å². The van der Waals surface area contributed by atoms with Crippen molar-refractivity contribution in [1.82, 2.24) is 15.0 Å². The van der Waals surface area contributed by atoms with E-state index in [1.54, 1.807) is 0 Å². The summed E-state index contributed by atoms with van der Waals surface area (Å²) in [5.74, 6) is 1.12. The van der Waals surface area contributed by atoms with Gasteiger partial charge in [-0.05, 0) is 36.1 Å². The number of fused-ring (bicyclic) bond motifs is 1. The van der Waals surface area contributed by atoms with Crippen LogP contribution in [0.25, 0.3) is 22.3 Å². The first kappa shape index (κ1) is 14.1. The zero-order valence-electron chi connectivity index (χ0n) is 12.4. The van der Waals surface area contributed by atoms with Crippen LogP contribution in [0.4, 0.5) is 0 Å². The van der Waals surface area contributed by atoms with Crippen LogP contribution in [0.15, 0.2) is 30.6 Å². The molecule has 108 valence electrons. The van der Waals surface area contributed by atoms with Gasteiger partial charge in [0, 0.05) is 34.6 Å². The van der Waals surface area contributed by atoms with Crippen LogP contribution in [0.3, 0.4) is 0 Å². The molecule has 1 N–H and O–H groups in total. The molecule has 2 heterocycles. The zero-order chi connectivity index (χ0) is 15.0. The van der Waals surface area contributed by atoms with Gasteiger partial charge in [0.15, 0.2) is 5.82 Å². The van der Waals surface area contributed by atoms with E-state index < -0.39 is 0 Å². The highest BCUT2D eigenvalue weighted by molar-refractivity contribution is 6.34. The highest BCUT2D eigenvalue weighted by Gasteiger charge is 2.11. The third-order valence-electron chi connectivity index (χ3n) is 3.71. The van der Waals surface area contributed by atoms with Crippen LogP contribution < -0.4 is 0 Å². The first-order valence-electron chi connectivity index (χ1n) is 7.22. The van der Waals surface area contributed by atoms with Crippen molar-refractivity contribution in [3.05, 3.63) is 46.9 Å². The molecule has 0 amide bonds. The number of nitrogens with zero attached hydrogens (tertiary/aromatic N) is 2. The van der Waals surface area contributed by atoms with Crippen LogP contribution in [0.2, 0.25) is 5.02 Å². The maximum absolute atomic E-state index is 6.41. The minimum Gasteiger partial charge on any atom is -0.358 e. The largest absolute Gasteiger partial charge is 0.358 e. The second-order valence-corrected chi connectivity index (χ2v) is 5.97. The fourth-order valence-corrected chi connectivity index (χ4v) is 2.59. The van der Waals surface area contributed by atoms with E-state index in [1.165, 1.54) is 5.69 Å². The van der Waals surface area contributed by atoms with Gasteiger partial charge in [-0.25, -0.2) is 9.97 Å². The van der Waals surface area contributed by atoms with Gasteiger partial charge in [0.2, 0.25) is 0 Å². The number of H-pyrrole nitrogens is 1. The van der Waals surface area contributed by atoms with Crippen LogP contribution in [0.5, 0.6) is 0 Å². The van der Waals surface area contributed by atoms with E-state index in [9.17, 15) is 0 Å². The van der Waals surface area contributed by atoms with Crippen molar-refractivity contribution in [1.29, 1.82) is 0 Å². The second-order valence-electron chi connectivity index (χ2n) is 5.57. The molecule has 0 atom stereocenters. The Balaban J connectivity index is 2.10. The molecule has 1 aromatic carbocycles. The molecule has 0 aliphatic rings. The fraction of sp³-hybridized carbons (Fsp3) is 0.294. The van der Waals surface area contributed by atoms with E-state index in [1.807, 2.05) is 24.5 Å². The van der Waals surface area contributed by atoms with Gasteiger partial charge in [-0.3, -0.25) is 0 Å². The molecular formula is C17H18ClN3. The summed E-state index contributed by atoms with van der Waals surface area (Å²) in [4.78, 5) is 12.3. The number of aromatic amines is 1. The summed E-state index contributed by atoms with van der Waals surface area (Å²) >= 11 is 6.41. The lowest BCUT2D eigenvalue weighted by Gasteiger charge is -2.04. The number of aromatic nitrogens is 3. The monoisotopic (exact) mass is 299 g/mol. The molecule has 0 fully saturated rings. The summed E-state index contributed by atoms with van der Waals surface area (Å²) in [6, 6.07) is 6.16. The number of nitrogens with one attached hydrogen (secondary N) is 1. The Morgan fingerprint density at radius 2 is 1.86 bits per heavy atom. The lowest BCUT2D eigenvalue weighted by molar-refractivity contribution is 0.836. The maximum atomic E-state index is 6.41.